The second kappa shape index (κ2) is 9.42. The van der Waals surface area contributed by atoms with Gasteiger partial charge in [0.25, 0.3) is 5.91 Å². The average Bonchev–Trinajstić information content (AvgIpc) is 2.76. The second-order valence-corrected chi connectivity index (χ2v) is 10.3. The number of carbonyl (C=O) groups excluding carboxylic acids is 2. The highest BCUT2D eigenvalue weighted by Gasteiger charge is 2.32. The summed E-state index contributed by atoms with van der Waals surface area (Å²) < 4.78 is 22.9. The highest BCUT2D eigenvalue weighted by atomic mass is 32.2. The van der Waals surface area contributed by atoms with E-state index in [0.29, 0.717) is 18.7 Å². The summed E-state index contributed by atoms with van der Waals surface area (Å²) in [5, 5.41) is 5.16. The van der Waals surface area contributed by atoms with Crippen molar-refractivity contribution in [3.63, 3.8) is 0 Å². The molecule has 32 heavy (non-hydrogen) atoms. The second-order valence-electron chi connectivity index (χ2n) is 8.71. The minimum absolute atomic E-state index is 0.0223. The van der Waals surface area contributed by atoms with E-state index in [1.807, 2.05) is 39.0 Å². The third-order valence-electron chi connectivity index (χ3n) is 6.15. The molecule has 0 aromatic heterocycles. The van der Waals surface area contributed by atoms with Gasteiger partial charge in [0, 0.05) is 25.7 Å². The lowest BCUT2D eigenvalue weighted by atomic mass is 9.94. The quantitative estimate of drug-likeness (QED) is 0.746. The molecule has 2 N–H and O–H groups in total. The molecule has 1 heterocycles. The molecule has 3 rings (SSSR count). The first-order valence-corrected chi connectivity index (χ1v) is 12.3. The van der Waals surface area contributed by atoms with Crippen LogP contribution in [-0.4, -0.2) is 50.2 Å². The normalized spacial score (nSPS) is 17.7. The maximum Gasteiger partial charge on any atom is 0.253 e. The predicted molar refractivity (Wildman–Crippen MR) is 124 cm³/mol. The first-order valence-electron chi connectivity index (χ1n) is 10.7. The van der Waals surface area contributed by atoms with Crippen LogP contribution in [0.3, 0.4) is 0 Å². The predicted octanol–water partition coefficient (Wildman–Crippen LogP) is 3.02. The van der Waals surface area contributed by atoms with Gasteiger partial charge in [0.15, 0.2) is 0 Å². The SMILES string of the molecule is Cc1cc(C)cc(C(=O)N2CCCC(C(=O)N(C)C(C)c3ccc(S(N)(=O)=O)cc3)C2)c1. The van der Waals surface area contributed by atoms with Crippen molar-refractivity contribution in [2.45, 2.75) is 44.6 Å². The van der Waals surface area contributed by atoms with Crippen LogP contribution in [-0.2, 0) is 14.8 Å². The van der Waals surface area contributed by atoms with Crippen LogP contribution < -0.4 is 5.14 Å². The third-order valence-corrected chi connectivity index (χ3v) is 7.08. The molecule has 0 spiro atoms. The van der Waals surface area contributed by atoms with Gasteiger partial charge in [-0.1, -0.05) is 29.3 Å². The lowest BCUT2D eigenvalue weighted by Crippen LogP contribution is -2.46. The summed E-state index contributed by atoms with van der Waals surface area (Å²) in [4.78, 5) is 29.8. The van der Waals surface area contributed by atoms with Crippen molar-refractivity contribution in [2.24, 2.45) is 11.1 Å². The van der Waals surface area contributed by atoms with E-state index in [1.165, 1.54) is 12.1 Å². The van der Waals surface area contributed by atoms with Crippen LogP contribution in [0, 0.1) is 19.8 Å². The standard InChI is InChI=1S/C24H31N3O4S/c1-16-12-17(2)14-21(13-16)24(29)27-11-5-6-20(15-27)23(28)26(4)18(3)19-7-9-22(10-8-19)32(25,30)31/h7-10,12-14,18,20H,5-6,11,15H2,1-4H3,(H2,25,30,31). The molecule has 172 valence electrons. The summed E-state index contributed by atoms with van der Waals surface area (Å²) in [6.07, 6.45) is 1.51. The van der Waals surface area contributed by atoms with Crippen LogP contribution in [0.5, 0.6) is 0 Å². The zero-order valence-corrected chi connectivity index (χ0v) is 19.9. The highest BCUT2D eigenvalue weighted by Crippen LogP contribution is 2.26. The van der Waals surface area contributed by atoms with Gasteiger partial charge in [0.05, 0.1) is 16.9 Å². The van der Waals surface area contributed by atoms with Gasteiger partial charge >= 0.3 is 0 Å². The van der Waals surface area contributed by atoms with Crippen LogP contribution in [0.15, 0.2) is 47.4 Å². The number of hydrogen-bond acceptors (Lipinski definition) is 4. The summed E-state index contributed by atoms with van der Waals surface area (Å²) in [7, 11) is -2.02. The van der Waals surface area contributed by atoms with Gasteiger partial charge in [-0.15, -0.1) is 0 Å². The molecular weight excluding hydrogens is 426 g/mol. The van der Waals surface area contributed by atoms with Crippen molar-refractivity contribution in [1.29, 1.82) is 0 Å². The maximum absolute atomic E-state index is 13.2. The number of aryl methyl sites for hydroxylation is 2. The van der Waals surface area contributed by atoms with Gasteiger partial charge in [0.1, 0.15) is 0 Å². The summed E-state index contributed by atoms with van der Waals surface area (Å²) in [6, 6.07) is 11.8. The van der Waals surface area contributed by atoms with Gasteiger partial charge in [-0.3, -0.25) is 9.59 Å². The minimum atomic E-state index is -3.76. The fourth-order valence-corrected chi connectivity index (χ4v) is 4.80. The first-order chi connectivity index (χ1) is 15.0. The molecule has 1 aliphatic heterocycles. The molecule has 0 aliphatic carbocycles. The van der Waals surface area contributed by atoms with Crippen LogP contribution in [0.2, 0.25) is 0 Å². The number of carbonyl (C=O) groups is 2. The Morgan fingerprint density at radius 3 is 2.25 bits per heavy atom. The highest BCUT2D eigenvalue weighted by molar-refractivity contribution is 7.89. The topological polar surface area (TPSA) is 101 Å². The van der Waals surface area contributed by atoms with Crippen molar-refractivity contribution >= 4 is 21.8 Å². The Labute approximate surface area is 190 Å². The van der Waals surface area contributed by atoms with E-state index in [-0.39, 0.29) is 28.7 Å². The molecule has 2 unspecified atom stereocenters. The molecule has 0 bridgehead atoms. The van der Waals surface area contributed by atoms with Gasteiger partial charge in [-0.25, -0.2) is 13.6 Å². The van der Waals surface area contributed by atoms with Crippen LogP contribution in [0.1, 0.15) is 52.9 Å². The number of likely N-dealkylation sites (tertiary alicyclic amines) is 1. The van der Waals surface area contributed by atoms with Gasteiger partial charge < -0.3 is 9.80 Å². The van der Waals surface area contributed by atoms with E-state index in [9.17, 15) is 18.0 Å². The fourth-order valence-electron chi connectivity index (χ4n) is 4.28. The van der Waals surface area contributed by atoms with E-state index in [0.717, 1.165) is 29.5 Å². The number of primary sulfonamides is 1. The number of benzene rings is 2. The van der Waals surface area contributed by atoms with Crippen molar-refractivity contribution in [3.8, 4) is 0 Å². The van der Waals surface area contributed by atoms with Gasteiger partial charge in [-0.05, 0) is 63.4 Å². The Morgan fingerprint density at radius 2 is 1.69 bits per heavy atom. The number of rotatable bonds is 5. The Hall–Kier alpha value is -2.71. The van der Waals surface area contributed by atoms with E-state index < -0.39 is 10.0 Å². The number of amides is 2. The first kappa shape index (κ1) is 23.9. The van der Waals surface area contributed by atoms with Crippen molar-refractivity contribution in [3.05, 3.63) is 64.7 Å². The van der Waals surface area contributed by atoms with Crippen LogP contribution in [0.25, 0.3) is 0 Å². The zero-order chi connectivity index (χ0) is 23.6. The number of sulfonamides is 1. The number of nitrogens with two attached hydrogens (primary N) is 1. The van der Waals surface area contributed by atoms with E-state index in [1.54, 1.807) is 29.0 Å². The molecule has 0 saturated carbocycles. The Balaban J connectivity index is 1.70. The molecule has 1 aliphatic rings. The molecule has 2 aromatic rings. The van der Waals surface area contributed by atoms with Gasteiger partial charge in [-0.2, -0.15) is 0 Å². The number of piperidine rings is 1. The molecule has 1 saturated heterocycles. The molecule has 2 aromatic carbocycles. The van der Waals surface area contributed by atoms with E-state index in [2.05, 4.69) is 0 Å². The summed E-state index contributed by atoms with van der Waals surface area (Å²) in [5.41, 5.74) is 3.56. The lowest BCUT2D eigenvalue weighted by molar-refractivity contribution is -0.137. The number of nitrogens with zero attached hydrogens (tertiary/aromatic N) is 2. The van der Waals surface area contributed by atoms with E-state index >= 15 is 0 Å². The molecular formula is C24H31N3O4S. The summed E-state index contributed by atoms with van der Waals surface area (Å²) in [5.74, 6) is -0.329. The van der Waals surface area contributed by atoms with Crippen LogP contribution in [0.4, 0.5) is 0 Å². The zero-order valence-electron chi connectivity index (χ0n) is 19.0. The lowest BCUT2D eigenvalue weighted by Gasteiger charge is -2.36. The Kier molecular flexibility index (Phi) is 7.05. The molecule has 7 nitrogen and oxygen atoms in total. The summed E-state index contributed by atoms with van der Waals surface area (Å²) >= 11 is 0. The molecule has 8 heteroatoms. The average molecular weight is 458 g/mol. The maximum atomic E-state index is 13.2. The van der Waals surface area contributed by atoms with Crippen molar-refractivity contribution < 1.29 is 18.0 Å². The number of hydrogen-bond donors (Lipinski definition) is 1. The molecule has 0 radical (unpaired) electrons. The monoisotopic (exact) mass is 457 g/mol. The summed E-state index contributed by atoms with van der Waals surface area (Å²) in [6.45, 7) is 6.87. The smallest absolute Gasteiger partial charge is 0.253 e. The van der Waals surface area contributed by atoms with Crippen molar-refractivity contribution in [2.75, 3.05) is 20.1 Å². The fraction of sp³-hybridized carbons (Fsp3) is 0.417. The Bertz CT molecular complexity index is 1090. The van der Waals surface area contributed by atoms with Gasteiger partial charge in [0.2, 0.25) is 15.9 Å². The minimum Gasteiger partial charge on any atom is -0.339 e. The van der Waals surface area contributed by atoms with Crippen LogP contribution >= 0.6 is 0 Å². The van der Waals surface area contributed by atoms with E-state index in [4.69, 9.17) is 5.14 Å². The molecule has 2 atom stereocenters. The molecule has 1 fully saturated rings. The van der Waals surface area contributed by atoms with Crippen molar-refractivity contribution in [1.82, 2.24) is 9.80 Å². The molecule has 2 amide bonds. The third kappa shape index (κ3) is 5.37. The largest absolute Gasteiger partial charge is 0.339 e. The Morgan fingerprint density at radius 1 is 1.09 bits per heavy atom.